The van der Waals surface area contributed by atoms with Crippen molar-refractivity contribution in [1.82, 2.24) is 9.97 Å². The highest BCUT2D eigenvalue weighted by molar-refractivity contribution is 5.90. The van der Waals surface area contributed by atoms with Crippen molar-refractivity contribution in [3.63, 3.8) is 0 Å². The number of anilines is 1. The largest absolute Gasteiger partial charge is 0.388 e. The van der Waals surface area contributed by atoms with Crippen LogP contribution in [0.25, 0.3) is 0 Å². The van der Waals surface area contributed by atoms with Crippen molar-refractivity contribution in [3.8, 4) is 0 Å². The van der Waals surface area contributed by atoms with Gasteiger partial charge in [-0.15, -0.1) is 0 Å². The van der Waals surface area contributed by atoms with Crippen LogP contribution in [0, 0.1) is 5.92 Å². The van der Waals surface area contributed by atoms with Gasteiger partial charge in [-0.3, -0.25) is 10.1 Å². The highest BCUT2D eigenvalue weighted by Gasteiger charge is 2.11. The van der Waals surface area contributed by atoms with Gasteiger partial charge in [0, 0.05) is 23.9 Å². The normalized spacial score (nSPS) is 12.4. The lowest BCUT2D eigenvalue weighted by Gasteiger charge is -2.11. The van der Waals surface area contributed by atoms with Crippen molar-refractivity contribution >= 4 is 11.9 Å². The molecular weight excluding hydrogens is 254 g/mol. The van der Waals surface area contributed by atoms with Gasteiger partial charge in [-0.1, -0.05) is 46.5 Å². The lowest BCUT2D eigenvalue weighted by molar-refractivity contribution is -0.118. The van der Waals surface area contributed by atoms with Crippen LogP contribution in [0.15, 0.2) is 12.4 Å². The second kappa shape index (κ2) is 8.64. The van der Waals surface area contributed by atoms with Crippen molar-refractivity contribution in [2.75, 3.05) is 5.32 Å². The molecule has 5 nitrogen and oxygen atoms in total. The molecule has 20 heavy (non-hydrogen) atoms. The molecule has 1 atom stereocenters. The highest BCUT2D eigenvalue weighted by Crippen LogP contribution is 2.19. The third-order valence-electron chi connectivity index (χ3n) is 3.15. The van der Waals surface area contributed by atoms with E-state index in [1.54, 1.807) is 12.4 Å². The molecule has 0 radical (unpaired) electrons. The van der Waals surface area contributed by atoms with Gasteiger partial charge in [0.05, 0.1) is 6.10 Å². The van der Waals surface area contributed by atoms with E-state index in [9.17, 15) is 9.90 Å². The molecule has 0 aliphatic rings. The summed E-state index contributed by atoms with van der Waals surface area (Å²) in [4.78, 5) is 19.6. The lowest BCUT2D eigenvalue weighted by atomic mass is 10.1. The topological polar surface area (TPSA) is 75.1 Å². The van der Waals surface area contributed by atoms with Crippen LogP contribution in [0.2, 0.25) is 0 Å². The van der Waals surface area contributed by atoms with E-state index >= 15 is 0 Å². The average molecular weight is 279 g/mol. The first-order chi connectivity index (χ1) is 9.54. The first-order valence-electron chi connectivity index (χ1n) is 7.35. The van der Waals surface area contributed by atoms with Crippen LogP contribution in [0.4, 0.5) is 5.95 Å². The summed E-state index contributed by atoms with van der Waals surface area (Å²) in [6.45, 7) is 5.78. The fourth-order valence-electron chi connectivity index (χ4n) is 1.76. The summed E-state index contributed by atoms with van der Waals surface area (Å²) < 4.78 is 0. The zero-order valence-corrected chi connectivity index (χ0v) is 12.6. The van der Waals surface area contributed by atoms with E-state index < -0.39 is 6.10 Å². The van der Waals surface area contributed by atoms with Gasteiger partial charge >= 0.3 is 0 Å². The molecule has 112 valence electrons. The summed E-state index contributed by atoms with van der Waals surface area (Å²) >= 11 is 0. The molecule has 1 aromatic rings. The standard InChI is InChI=1S/C15H25N3O2/c1-4-5-6-7-8-13(19)12-9-16-15(17-10-12)18-14(20)11(2)3/h9-11,13,19H,4-8H2,1-3H3,(H,16,17,18,20)/t13-/m0/s1. The maximum atomic E-state index is 11.5. The van der Waals surface area contributed by atoms with E-state index in [1.807, 2.05) is 13.8 Å². The molecule has 1 aromatic heterocycles. The van der Waals surface area contributed by atoms with Crippen molar-refractivity contribution in [2.45, 2.75) is 59.0 Å². The molecule has 0 bridgehead atoms. The Morgan fingerprint density at radius 1 is 1.25 bits per heavy atom. The van der Waals surface area contributed by atoms with Crippen LogP contribution >= 0.6 is 0 Å². The minimum absolute atomic E-state index is 0.109. The number of nitrogens with one attached hydrogen (secondary N) is 1. The molecule has 0 unspecified atom stereocenters. The van der Waals surface area contributed by atoms with Crippen LogP contribution in [0.1, 0.15) is 64.5 Å². The fraction of sp³-hybridized carbons (Fsp3) is 0.667. The Hall–Kier alpha value is -1.49. The van der Waals surface area contributed by atoms with Crippen LogP contribution in [-0.4, -0.2) is 21.0 Å². The Morgan fingerprint density at radius 3 is 2.45 bits per heavy atom. The van der Waals surface area contributed by atoms with Gasteiger partial charge in [0.25, 0.3) is 0 Å². The average Bonchev–Trinajstić information content (AvgIpc) is 2.44. The molecule has 0 saturated carbocycles. The molecule has 1 heterocycles. The molecule has 0 saturated heterocycles. The molecule has 0 fully saturated rings. The van der Waals surface area contributed by atoms with Gasteiger partial charge in [-0.05, 0) is 6.42 Å². The number of carbonyl (C=O) groups excluding carboxylic acids is 1. The Balaban J connectivity index is 2.46. The predicted molar refractivity (Wildman–Crippen MR) is 79.2 cm³/mol. The van der Waals surface area contributed by atoms with Crippen molar-refractivity contribution in [1.29, 1.82) is 0 Å². The highest BCUT2D eigenvalue weighted by atomic mass is 16.3. The first kappa shape index (κ1) is 16.6. The minimum Gasteiger partial charge on any atom is -0.388 e. The molecule has 5 heteroatoms. The Morgan fingerprint density at radius 2 is 1.90 bits per heavy atom. The zero-order valence-electron chi connectivity index (χ0n) is 12.6. The molecular formula is C15H25N3O2. The number of hydrogen-bond donors (Lipinski definition) is 2. The van der Waals surface area contributed by atoms with Gasteiger partial charge in [0.1, 0.15) is 0 Å². The summed E-state index contributed by atoms with van der Waals surface area (Å²) in [5, 5.41) is 12.6. The van der Waals surface area contributed by atoms with E-state index in [1.165, 1.54) is 12.8 Å². The number of carbonyl (C=O) groups is 1. The van der Waals surface area contributed by atoms with E-state index in [4.69, 9.17) is 0 Å². The van der Waals surface area contributed by atoms with Crippen LogP contribution < -0.4 is 5.32 Å². The van der Waals surface area contributed by atoms with Crippen molar-refractivity contribution in [3.05, 3.63) is 18.0 Å². The second-order valence-corrected chi connectivity index (χ2v) is 5.35. The molecule has 2 N–H and O–H groups in total. The number of unbranched alkanes of at least 4 members (excludes halogenated alkanes) is 3. The first-order valence-corrected chi connectivity index (χ1v) is 7.35. The Bertz CT molecular complexity index is 404. The van der Waals surface area contributed by atoms with E-state index in [0.717, 1.165) is 19.3 Å². The van der Waals surface area contributed by atoms with Crippen molar-refractivity contribution in [2.24, 2.45) is 5.92 Å². The number of rotatable bonds is 8. The van der Waals surface area contributed by atoms with Crippen LogP contribution in [0.5, 0.6) is 0 Å². The van der Waals surface area contributed by atoms with Crippen molar-refractivity contribution < 1.29 is 9.90 Å². The summed E-state index contributed by atoms with van der Waals surface area (Å²) in [6.07, 6.45) is 7.87. The fourth-order valence-corrected chi connectivity index (χ4v) is 1.76. The number of aliphatic hydroxyl groups excluding tert-OH is 1. The van der Waals surface area contributed by atoms with Crippen LogP contribution in [-0.2, 0) is 4.79 Å². The van der Waals surface area contributed by atoms with Gasteiger partial charge < -0.3 is 5.11 Å². The molecule has 0 spiro atoms. The van der Waals surface area contributed by atoms with E-state index in [0.29, 0.717) is 5.56 Å². The zero-order chi connectivity index (χ0) is 15.0. The molecule has 1 amide bonds. The third-order valence-corrected chi connectivity index (χ3v) is 3.15. The monoisotopic (exact) mass is 279 g/mol. The lowest BCUT2D eigenvalue weighted by Crippen LogP contribution is -2.19. The van der Waals surface area contributed by atoms with Gasteiger partial charge in [-0.2, -0.15) is 0 Å². The number of hydrogen-bond acceptors (Lipinski definition) is 4. The van der Waals surface area contributed by atoms with E-state index in [-0.39, 0.29) is 17.8 Å². The smallest absolute Gasteiger partial charge is 0.229 e. The Labute approximate surface area is 120 Å². The molecule has 1 rings (SSSR count). The summed E-state index contributed by atoms with van der Waals surface area (Å²) in [6, 6.07) is 0. The van der Waals surface area contributed by atoms with Gasteiger partial charge in [0.15, 0.2) is 0 Å². The summed E-state index contributed by atoms with van der Waals surface area (Å²) in [7, 11) is 0. The summed E-state index contributed by atoms with van der Waals surface area (Å²) in [5.41, 5.74) is 0.698. The molecule has 0 aliphatic carbocycles. The maximum absolute atomic E-state index is 11.5. The molecule has 0 aromatic carbocycles. The predicted octanol–water partition coefficient (Wildman–Crippen LogP) is 3.07. The Kier molecular flexibility index (Phi) is 7.15. The quantitative estimate of drug-likeness (QED) is 0.717. The minimum atomic E-state index is -0.526. The third kappa shape index (κ3) is 5.65. The number of amides is 1. The van der Waals surface area contributed by atoms with Gasteiger partial charge in [0.2, 0.25) is 11.9 Å². The SMILES string of the molecule is CCCCCC[C@H](O)c1cnc(NC(=O)C(C)C)nc1. The van der Waals surface area contributed by atoms with E-state index in [2.05, 4.69) is 22.2 Å². The maximum Gasteiger partial charge on any atom is 0.229 e. The van der Waals surface area contributed by atoms with Gasteiger partial charge in [-0.25, -0.2) is 9.97 Å². The number of aromatic nitrogens is 2. The summed E-state index contributed by atoms with van der Waals surface area (Å²) in [5.74, 6) is 0.0610. The molecule has 0 aliphatic heterocycles. The van der Waals surface area contributed by atoms with Crippen LogP contribution in [0.3, 0.4) is 0 Å². The number of nitrogens with zero attached hydrogens (tertiary/aromatic N) is 2. The number of aliphatic hydroxyl groups is 1. The second-order valence-electron chi connectivity index (χ2n) is 5.35.